The predicted molar refractivity (Wildman–Crippen MR) is 119 cm³/mol. The van der Waals surface area contributed by atoms with Crippen LogP contribution in [0.4, 0.5) is 27.9 Å². The third-order valence-electron chi connectivity index (χ3n) is 5.30. The van der Waals surface area contributed by atoms with Crippen LogP contribution >= 0.6 is 15.9 Å². The lowest BCUT2D eigenvalue weighted by Crippen LogP contribution is -2.48. The Kier molecular flexibility index (Phi) is 6.53. The Hall–Kier alpha value is -2.59. The van der Waals surface area contributed by atoms with Crippen molar-refractivity contribution in [2.75, 3.05) is 54.9 Å². The number of piperazine rings is 1. The molecular weight excluding hydrogens is 452 g/mol. The van der Waals surface area contributed by atoms with Gasteiger partial charge in [0.05, 0.1) is 10.6 Å². The number of nitrogens with one attached hydrogen (secondary N) is 2. The Morgan fingerprint density at radius 1 is 1.23 bits per heavy atom. The maximum absolute atomic E-state index is 11.0. The fourth-order valence-corrected chi connectivity index (χ4v) is 3.94. The van der Waals surface area contributed by atoms with E-state index < -0.39 is 6.09 Å². The van der Waals surface area contributed by atoms with Gasteiger partial charge in [-0.3, -0.25) is 0 Å². The molecule has 10 heteroatoms. The SMILES string of the molecule is O=C(O)N1CCN(c2ccc(Nc3ncc(Br)c(NCC4CCCO4)n3)cc2)CC1. The molecule has 0 aliphatic carbocycles. The van der Waals surface area contributed by atoms with Crippen molar-refractivity contribution in [3.63, 3.8) is 0 Å². The predicted octanol–water partition coefficient (Wildman–Crippen LogP) is 3.37. The summed E-state index contributed by atoms with van der Waals surface area (Å²) in [7, 11) is 0. The summed E-state index contributed by atoms with van der Waals surface area (Å²) >= 11 is 3.49. The number of carboxylic acid groups (broad SMARTS) is 1. The van der Waals surface area contributed by atoms with E-state index in [1.807, 2.05) is 24.3 Å². The van der Waals surface area contributed by atoms with Crippen LogP contribution in [0.2, 0.25) is 0 Å². The van der Waals surface area contributed by atoms with E-state index >= 15 is 0 Å². The summed E-state index contributed by atoms with van der Waals surface area (Å²) in [6.07, 6.45) is 3.28. The fraction of sp³-hybridized carbons (Fsp3) is 0.450. The lowest BCUT2D eigenvalue weighted by Gasteiger charge is -2.34. The molecule has 1 aromatic carbocycles. The van der Waals surface area contributed by atoms with E-state index in [0.717, 1.165) is 47.7 Å². The largest absolute Gasteiger partial charge is 0.465 e. The molecule has 1 amide bonds. The van der Waals surface area contributed by atoms with E-state index in [0.29, 0.717) is 32.1 Å². The van der Waals surface area contributed by atoms with Gasteiger partial charge >= 0.3 is 6.09 Å². The van der Waals surface area contributed by atoms with Crippen LogP contribution in [0.5, 0.6) is 0 Å². The van der Waals surface area contributed by atoms with E-state index in [1.54, 1.807) is 6.20 Å². The standard InChI is InChI=1S/C20H25BrN6O3/c21-17-13-23-19(25-18(17)22-12-16-2-1-11-30-16)24-14-3-5-15(6-4-14)26-7-9-27(10-8-26)20(28)29/h3-6,13,16H,1-2,7-12H2,(H,28,29)(H2,22,23,24,25). The molecule has 1 atom stereocenters. The van der Waals surface area contributed by atoms with Crippen molar-refractivity contribution in [3.8, 4) is 0 Å². The van der Waals surface area contributed by atoms with Gasteiger partial charge in [-0.05, 0) is 53.0 Å². The topological polar surface area (TPSA) is 103 Å². The summed E-state index contributed by atoms with van der Waals surface area (Å²) in [5, 5.41) is 15.6. The minimum atomic E-state index is -0.853. The zero-order chi connectivity index (χ0) is 20.9. The summed E-state index contributed by atoms with van der Waals surface area (Å²) in [6, 6.07) is 8.00. The van der Waals surface area contributed by atoms with Gasteiger partial charge in [0.2, 0.25) is 5.95 Å². The molecule has 3 N–H and O–H groups in total. The lowest BCUT2D eigenvalue weighted by atomic mass is 10.2. The molecular formula is C20H25BrN6O3. The van der Waals surface area contributed by atoms with Gasteiger partial charge < -0.3 is 30.3 Å². The van der Waals surface area contributed by atoms with Crippen LogP contribution in [0.1, 0.15) is 12.8 Å². The monoisotopic (exact) mass is 476 g/mol. The highest BCUT2D eigenvalue weighted by Gasteiger charge is 2.20. The van der Waals surface area contributed by atoms with Crippen LogP contribution in [-0.4, -0.2) is 71.5 Å². The van der Waals surface area contributed by atoms with Crippen LogP contribution < -0.4 is 15.5 Å². The highest BCUT2D eigenvalue weighted by atomic mass is 79.9. The normalized spacial score (nSPS) is 19.0. The number of nitrogens with zero attached hydrogens (tertiary/aromatic N) is 4. The molecule has 1 unspecified atom stereocenters. The van der Waals surface area contributed by atoms with Crippen molar-refractivity contribution in [2.45, 2.75) is 18.9 Å². The molecule has 2 saturated heterocycles. The van der Waals surface area contributed by atoms with E-state index in [-0.39, 0.29) is 6.10 Å². The summed E-state index contributed by atoms with van der Waals surface area (Å²) in [6.45, 7) is 3.96. The number of amides is 1. The highest BCUT2D eigenvalue weighted by molar-refractivity contribution is 9.10. The maximum atomic E-state index is 11.0. The van der Waals surface area contributed by atoms with Gasteiger partial charge in [-0.1, -0.05) is 0 Å². The molecule has 1 aromatic heterocycles. The first kappa shape index (κ1) is 20.7. The molecule has 2 aromatic rings. The second-order valence-corrected chi connectivity index (χ2v) is 8.19. The zero-order valence-corrected chi connectivity index (χ0v) is 18.1. The number of carbonyl (C=O) groups is 1. The van der Waals surface area contributed by atoms with Crippen LogP contribution in [0.25, 0.3) is 0 Å². The van der Waals surface area contributed by atoms with Crippen LogP contribution in [0, 0.1) is 0 Å². The van der Waals surface area contributed by atoms with Gasteiger partial charge in [0.1, 0.15) is 5.82 Å². The smallest absolute Gasteiger partial charge is 0.407 e. The Labute approximate surface area is 183 Å². The highest BCUT2D eigenvalue weighted by Crippen LogP contribution is 2.24. The Balaban J connectivity index is 1.35. The molecule has 160 valence electrons. The second kappa shape index (κ2) is 9.48. The van der Waals surface area contributed by atoms with Gasteiger partial charge in [0.15, 0.2) is 0 Å². The summed E-state index contributed by atoms with van der Waals surface area (Å²) < 4.78 is 6.45. The summed E-state index contributed by atoms with van der Waals surface area (Å²) in [5.74, 6) is 1.24. The van der Waals surface area contributed by atoms with Gasteiger partial charge in [-0.15, -0.1) is 0 Å². The van der Waals surface area contributed by atoms with Crippen molar-refractivity contribution < 1.29 is 14.6 Å². The van der Waals surface area contributed by atoms with E-state index in [9.17, 15) is 4.79 Å². The third kappa shape index (κ3) is 5.11. The van der Waals surface area contributed by atoms with Crippen LogP contribution in [-0.2, 0) is 4.74 Å². The average Bonchev–Trinajstić information content (AvgIpc) is 3.28. The van der Waals surface area contributed by atoms with Crippen LogP contribution in [0.3, 0.4) is 0 Å². The van der Waals surface area contributed by atoms with Crippen molar-refractivity contribution in [1.29, 1.82) is 0 Å². The number of anilines is 4. The zero-order valence-electron chi connectivity index (χ0n) is 16.6. The number of halogens is 1. The maximum Gasteiger partial charge on any atom is 0.407 e. The third-order valence-corrected chi connectivity index (χ3v) is 5.88. The molecule has 30 heavy (non-hydrogen) atoms. The number of aromatic nitrogens is 2. The van der Waals surface area contributed by atoms with E-state index in [1.165, 1.54) is 4.90 Å². The molecule has 0 spiro atoms. The number of ether oxygens (including phenoxy) is 1. The molecule has 0 saturated carbocycles. The summed E-state index contributed by atoms with van der Waals surface area (Å²) in [4.78, 5) is 23.6. The number of hydrogen-bond acceptors (Lipinski definition) is 7. The number of benzene rings is 1. The number of hydrogen-bond donors (Lipinski definition) is 3. The van der Waals surface area contributed by atoms with Gasteiger partial charge in [0.25, 0.3) is 0 Å². The summed E-state index contributed by atoms with van der Waals surface area (Å²) in [5.41, 5.74) is 1.96. The van der Waals surface area contributed by atoms with E-state index in [4.69, 9.17) is 9.84 Å². The van der Waals surface area contributed by atoms with Crippen LogP contribution in [0.15, 0.2) is 34.9 Å². The fourth-order valence-electron chi connectivity index (χ4n) is 3.61. The molecule has 0 bridgehead atoms. The molecule has 0 radical (unpaired) electrons. The Morgan fingerprint density at radius 3 is 2.67 bits per heavy atom. The Morgan fingerprint density at radius 2 is 2.00 bits per heavy atom. The number of rotatable bonds is 6. The minimum absolute atomic E-state index is 0.230. The van der Waals surface area contributed by atoms with Gasteiger partial charge in [0, 0.05) is 56.9 Å². The van der Waals surface area contributed by atoms with Crippen molar-refractivity contribution >= 4 is 45.2 Å². The van der Waals surface area contributed by atoms with Gasteiger partial charge in [-0.25, -0.2) is 9.78 Å². The molecule has 9 nitrogen and oxygen atoms in total. The molecule has 2 fully saturated rings. The lowest BCUT2D eigenvalue weighted by molar-refractivity contribution is 0.120. The van der Waals surface area contributed by atoms with E-state index in [2.05, 4.69) is 41.4 Å². The molecule has 2 aliphatic rings. The first-order chi connectivity index (χ1) is 14.6. The first-order valence-corrected chi connectivity index (χ1v) is 10.9. The average molecular weight is 477 g/mol. The minimum Gasteiger partial charge on any atom is -0.465 e. The van der Waals surface area contributed by atoms with Crippen molar-refractivity contribution in [2.24, 2.45) is 0 Å². The quantitative estimate of drug-likeness (QED) is 0.582. The van der Waals surface area contributed by atoms with Gasteiger partial charge in [-0.2, -0.15) is 4.98 Å². The molecule has 4 rings (SSSR count). The molecule has 3 heterocycles. The first-order valence-electron chi connectivity index (χ1n) is 10.1. The van der Waals surface area contributed by atoms with Crippen molar-refractivity contribution in [1.82, 2.24) is 14.9 Å². The molecule has 2 aliphatic heterocycles. The van der Waals surface area contributed by atoms with Crippen molar-refractivity contribution in [3.05, 3.63) is 34.9 Å². The Bertz CT molecular complexity index is 867. The second-order valence-electron chi connectivity index (χ2n) is 7.33.